The van der Waals surface area contributed by atoms with Gasteiger partial charge in [-0.05, 0) is 43.7 Å². The zero-order chi connectivity index (χ0) is 29.4. The molecule has 0 aliphatic heterocycles. The summed E-state index contributed by atoms with van der Waals surface area (Å²) < 4.78 is 10.6. The molecule has 208 valence electrons. The lowest BCUT2D eigenvalue weighted by atomic mass is 9.72. The number of ether oxygens (including phenoxy) is 2. The normalized spacial score (nSPS) is 12.1. The van der Waals surface area contributed by atoms with Gasteiger partial charge in [0, 0.05) is 18.1 Å². The number of hydrogen-bond acceptors (Lipinski definition) is 8. The third-order valence-corrected chi connectivity index (χ3v) is 6.35. The first-order chi connectivity index (χ1) is 19.1. The highest BCUT2D eigenvalue weighted by atomic mass is 16.6. The van der Waals surface area contributed by atoms with Gasteiger partial charge in [0.2, 0.25) is 11.8 Å². The second-order valence-corrected chi connectivity index (χ2v) is 8.93. The van der Waals surface area contributed by atoms with Gasteiger partial charge < -0.3 is 20.1 Å². The molecule has 0 aromatic heterocycles. The van der Waals surface area contributed by atoms with E-state index in [9.17, 15) is 29.3 Å². The number of benzene rings is 3. The van der Waals surface area contributed by atoms with Crippen LogP contribution in [0.1, 0.15) is 25.3 Å². The van der Waals surface area contributed by atoms with E-state index in [-0.39, 0.29) is 22.6 Å². The number of methoxy groups -OCH3 is 2. The smallest absolute Gasteiger partial charge is 0.269 e. The first-order valence-electron chi connectivity index (χ1n) is 12.2. The minimum atomic E-state index is -1.58. The summed E-state index contributed by atoms with van der Waals surface area (Å²) in [6.07, 6.45) is 0. The van der Waals surface area contributed by atoms with E-state index in [1.165, 1.54) is 32.4 Å². The summed E-state index contributed by atoms with van der Waals surface area (Å²) in [5.74, 6) is -6.84. The van der Waals surface area contributed by atoms with Crippen molar-refractivity contribution in [1.29, 1.82) is 0 Å². The van der Waals surface area contributed by atoms with E-state index < -0.39 is 46.1 Å². The molecule has 0 saturated carbocycles. The van der Waals surface area contributed by atoms with Crippen LogP contribution in [0.2, 0.25) is 0 Å². The van der Waals surface area contributed by atoms with Crippen molar-refractivity contribution in [2.75, 3.05) is 24.9 Å². The average Bonchev–Trinajstić information content (AvgIpc) is 2.92. The number of Topliss-reactive ketones (excluding diaryl/α,β-unsaturated/α-hetero) is 2. The number of nitro groups is 1. The van der Waals surface area contributed by atoms with Gasteiger partial charge in [0.15, 0.2) is 0 Å². The van der Waals surface area contributed by atoms with Crippen LogP contribution in [0, 0.1) is 22.0 Å². The Hall–Kier alpha value is -5.06. The van der Waals surface area contributed by atoms with Crippen molar-refractivity contribution in [3.8, 4) is 11.5 Å². The molecular weight excluding hydrogens is 518 g/mol. The quantitative estimate of drug-likeness (QED) is 0.192. The molecular formula is C29H29N3O8. The summed E-state index contributed by atoms with van der Waals surface area (Å²) in [6, 6.07) is 18.2. The van der Waals surface area contributed by atoms with Crippen molar-refractivity contribution in [1.82, 2.24) is 0 Å². The lowest BCUT2D eigenvalue weighted by Gasteiger charge is -2.30. The van der Waals surface area contributed by atoms with Crippen LogP contribution in [-0.2, 0) is 19.2 Å². The zero-order valence-electron chi connectivity index (χ0n) is 22.4. The van der Waals surface area contributed by atoms with E-state index in [1.807, 2.05) is 0 Å². The fourth-order valence-corrected chi connectivity index (χ4v) is 4.54. The number of nitrogens with zero attached hydrogens (tertiary/aromatic N) is 1. The molecule has 0 unspecified atom stereocenters. The van der Waals surface area contributed by atoms with Crippen LogP contribution < -0.4 is 20.1 Å². The molecule has 2 atom stereocenters. The Morgan fingerprint density at radius 1 is 0.725 bits per heavy atom. The highest BCUT2D eigenvalue weighted by Crippen LogP contribution is 2.38. The van der Waals surface area contributed by atoms with Crippen LogP contribution >= 0.6 is 0 Å². The van der Waals surface area contributed by atoms with E-state index in [4.69, 9.17) is 9.47 Å². The molecule has 0 heterocycles. The number of rotatable bonds is 12. The Bertz CT molecular complexity index is 1360. The summed E-state index contributed by atoms with van der Waals surface area (Å²) in [4.78, 5) is 64.4. The molecule has 0 spiro atoms. The highest BCUT2D eigenvalue weighted by molar-refractivity contribution is 6.12. The number of para-hydroxylation sites is 4. The summed E-state index contributed by atoms with van der Waals surface area (Å²) in [7, 11) is 2.82. The molecule has 2 amide bonds. The largest absolute Gasteiger partial charge is 0.495 e. The number of hydrogen-bond donors (Lipinski definition) is 2. The number of carbonyl (C=O) groups excluding carboxylic acids is 4. The van der Waals surface area contributed by atoms with E-state index >= 15 is 0 Å². The number of non-ortho nitro benzene ring substituents is 1. The lowest BCUT2D eigenvalue weighted by Crippen LogP contribution is -2.43. The van der Waals surface area contributed by atoms with Crippen LogP contribution in [0.4, 0.5) is 17.1 Å². The van der Waals surface area contributed by atoms with Gasteiger partial charge in [-0.3, -0.25) is 29.3 Å². The third kappa shape index (κ3) is 6.68. The van der Waals surface area contributed by atoms with Gasteiger partial charge in [0.05, 0.1) is 30.5 Å². The van der Waals surface area contributed by atoms with Gasteiger partial charge in [-0.2, -0.15) is 0 Å². The van der Waals surface area contributed by atoms with Gasteiger partial charge in [-0.1, -0.05) is 36.4 Å². The van der Waals surface area contributed by atoms with Gasteiger partial charge in [-0.15, -0.1) is 0 Å². The van der Waals surface area contributed by atoms with Crippen molar-refractivity contribution in [3.05, 3.63) is 88.5 Å². The van der Waals surface area contributed by atoms with E-state index in [0.29, 0.717) is 11.5 Å². The monoisotopic (exact) mass is 547 g/mol. The SMILES string of the molecule is COc1ccccc1NC(=O)[C@H](C(C)=O)C(c1cccc([N+](=O)[O-])c1)[C@@H](C(C)=O)C(=O)Nc1ccccc1OC. The van der Waals surface area contributed by atoms with Gasteiger partial charge >= 0.3 is 0 Å². The van der Waals surface area contributed by atoms with Crippen LogP contribution in [0.3, 0.4) is 0 Å². The predicted molar refractivity (Wildman–Crippen MR) is 147 cm³/mol. The van der Waals surface area contributed by atoms with Crippen molar-refractivity contribution in [2.45, 2.75) is 19.8 Å². The molecule has 0 bridgehead atoms. The van der Waals surface area contributed by atoms with Crippen molar-refractivity contribution >= 4 is 40.4 Å². The second-order valence-electron chi connectivity index (χ2n) is 8.93. The minimum absolute atomic E-state index is 0.0972. The van der Waals surface area contributed by atoms with Crippen LogP contribution in [0.15, 0.2) is 72.8 Å². The van der Waals surface area contributed by atoms with Crippen LogP contribution in [0.5, 0.6) is 11.5 Å². The first-order valence-corrected chi connectivity index (χ1v) is 12.2. The Labute approximate surface area is 230 Å². The molecule has 40 heavy (non-hydrogen) atoms. The molecule has 0 saturated heterocycles. The first kappa shape index (κ1) is 29.5. The number of carbonyl (C=O) groups is 4. The summed E-state index contributed by atoms with van der Waals surface area (Å²) in [5, 5.41) is 16.9. The predicted octanol–water partition coefficient (Wildman–Crippen LogP) is 4.38. The van der Waals surface area contributed by atoms with Crippen molar-refractivity contribution in [3.63, 3.8) is 0 Å². The maximum Gasteiger partial charge on any atom is 0.269 e. The highest BCUT2D eigenvalue weighted by Gasteiger charge is 2.44. The molecule has 3 rings (SSSR count). The summed E-state index contributed by atoms with van der Waals surface area (Å²) in [5.41, 5.74) is 0.288. The fourth-order valence-electron chi connectivity index (χ4n) is 4.54. The zero-order valence-corrected chi connectivity index (χ0v) is 22.4. The number of nitrogens with one attached hydrogen (secondary N) is 2. The second kappa shape index (κ2) is 13.1. The Balaban J connectivity index is 2.16. The lowest BCUT2D eigenvalue weighted by molar-refractivity contribution is -0.384. The van der Waals surface area contributed by atoms with Crippen molar-refractivity contribution < 1.29 is 33.6 Å². The number of amides is 2. The number of ketones is 2. The van der Waals surface area contributed by atoms with Gasteiger partial charge in [0.25, 0.3) is 5.69 Å². The molecule has 2 N–H and O–H groups in total. The molecule has 0 aliphatic rings. The maximum absolute atomic E-state index is 13.7. The van der Waals surface area contributed by atoms with Gasteiger partial charge in [0.1, 0.15) is 34.9 Å². The number of nitro benzene ring substituents is 1. The third-order valence-electron chi connectivity index (χ3n) is 6.35. The van der Waals surface area contributed by atoms with E-state index in [1.54, 1.807) is 48.5 Å². The van der Waals surface area contributed by atoms with Crippen molar-refractivity contribution in [2.24, 2.45) is 11.8 Å². The van der Waals surface area contributed by atoms with Crippen LogP contribution in [0.25, 0.3) is 0 Å². The van der Waals surface area contributed by atoms with Gasteiger partial charge in [-0.25, -0.2) is 0 Å². The topological polar surface area (TPSA) is 154 Å². The molecule has 3 aromatic rings. The molecule has 3 aromatic carbocycles. The molecule has 0 aliphatic carbocycles. The Morgan fingerprint density at radius 3 is 1.57 bits per heavy atom. The average molecular weight is 548 g/mol. The molecule has 0 radical (unpaired) electrons. The minimum Gasteiger partial charge on any atom is -0.495 e. The fraction of sp³-hybridized carbons (Fsp3) is 0.241. The molecule has 11 heteroatoms. The molecule has 11 nitrogen and oxygen atoms in total. The standard InChI is InChI=1S/C29H29N3O8/c1-17(33)25(28(35)30-21-12-5-7-14-23(21)39-3)27(19-10-9-11-20(16-19)32(37)38)26(18(2)34)29(36)31-22-13-6-8-15-24(22)40-4/h5-16,25-27H,1-4H3,(H,30,35)(H,31,36)/t25-,26-/m1/s1. The Morgan fingerprint density at radius 2 is 1.18 bits per heavy atom. The summed E-state index contributed by atoms with van der Waals surface area (Å²) >= 11 is 0. The van der Waals surface area contributed by atoms with E-state index in [0.717, 1.165) is 19.9 Å². The maximum atomic E-state index is 13.7. The van der Waals surface area contributed by atoms with Crippen LogP contribution in [-0.4, -0.2) is 42.5 Å². The summed E-state index contributed by atoms with van der Waals surface area (Å²) in [6.45, 7) is 2.32. The number of anilines is 2. The Kier molecular flexibility index (Phi) is 9.69. The molecule has 0 fully saturated rings. The van der Waals surface area contributed by atoms with E-state index in [2.05, 4.69) is 10.6 Å².